The molecule has 2 rings (SSSR count). The van der Waals surface area contributed by atoms with Crippen LogP contribution in [0.1, 0.15) is 50.3 Å². The molecule has 0 radical (unpaired) electrons. The SMILES string of the molecule is COc1cc(CC2(N)CC2)c(C)cc1C(C)(C)C. The Hall–Kier alpha value is -1.02. The van der Waals surface area contributed by atoms with Crippen LogP contribution in [0.2, 0.25) is 0 Å². The van der Waals surface area contributed by atoms with Gasteiger partial charge in [0.05, 0.1) is 7.11 Å². The van der Waals surface area contributed by atoms with E-state index in [1.807, 2.05) is 0 Å². The van der Waals surface area contributed by atoms with Gasteiger partial charge in [-0.3, -0.25) is 0 Å². The first-order valence-corrected chi connectivity index (χ1v) is 6.72. The zero-order valence-corrected chi connectivity index (χ0v) is 12.3. The highest BCUT2D eigenvalue weighted by Crippen LogP contribution is 2.39. The average Bonchev–Trinajstić information content (AvgIpc) is 2.97. The number of ether oxygens (including phenoxy) is 1. The van der Waals surface area contributed by atoms with Gasteiger partial charge < -0.3 is 10.5 Å². The van der Waals surface area contributed by atoms with E-state index in [2.05, 4.69) is 39.8 Å². The lowest BCUT2D eigenvalue weighted by molar-refractivity contribution is 0.396. The van der Waals surface area contributed by atoms with E-state index in [-0.39, 0.29) is 11.0 Å². The molecule has 2 nitrogen and oxygen atoms in total. The van der Waals surface area contributed by atoms with E-state index in [1.54, 1.807) is 7.11 Å². The summed E-state index contributed by atoms with van der Waals surface area (Å²) in [5.41, 5.74) is 10.3. The molecule has 0 aromatic heterocycles. The summed E-state index contributed by atoms with van der Waals surface area (Å²) >= 11 is 0. The molecule has 2 heteroatoms. The van der Waals surface area contributed by atoms with Crippen molar-refractivity contribution in [2.45, 2.75) is 57.9 Å². The summed E-state index contributed by atoms with van der Waals surface area (Å²) in [4.78, 5) is 0. The van der Waals surface area contributed by atoms with Gasteiger partial charge in [0.2, 0.25) is 0 Å². The number of methoxy groups -OCH3 is 1. The monoisotopic (exact) mass is 247 g/mol. The van der Waals surface area contributed by atoms with Crippen LogP contribution in [-0.4, -0.2) is 12.6 Å². The van der Waals surface area contributed by atoms with Crippen molar-refractivity contribution in [1.29, 1.82) is 0 Å². The Morgan fingerprint density at radius 1 is 1.28 bits per heavy atom. The summed E-state index contributed by atoms with van der Waals surface area (Å²) in [6.07, 6.45) is 3.27. The Morgan fingerprint density at radius 2 is 1.89 bits per heavy atom. The van der Waals surface area contributed by atoms with Crippen molar-refractivity contribution < 1.29 is 4.74 Å². The van der Waals surface area contributed by atoms with Crippen LogP contribution in [-0.2, 0) is 11.8 Å². The lowest BCUT2D eigenvalue weighted by Crippen LogP contribution is -2.25. The average molecular weight is 247 g/mol. The predicted molar refractivity (Wildman–Crippen MR) is 76.3 cm³/mol. The van der Waals surface area contributed by atoms with Crippen LogP contribution in [0, 0.1) is 6.92 Å². The minimum Gasteiger partial charge on any atom is -0.496 e. The molecule has 2 N–H and O–H groups in total. The standard InChI is InChI=1S/C16H25NO/c1-11-8-13(15(2,3)4)14(18-5)9-12(11)10-16(17)6-7-16/h8-9H,6-7,10,17H2,1-5H3. The van der Waals surface area contributed by atoms with Gasteiger partial charge in [0.15, 0.2) is 0 Å². The fourth-order valence-electron chi connectivity index (χ4n) is 2.39. The zero-order valence-electron chi connectivity index (χ0n) is 12.3. The molecule has 18 heavy (non-hydrogen) atoms. The van der Waals surface area contributed by atoms with E-state index in [4.69, 9.17) is 10.5 Å². The number of rotatable bonds is 3. The Bertz CT molecular complexity index is 453. The Kier molecular flexibility index (Phi) is 3.18. The number of hydrogen-bond acceptors (Lipinski definition) is 2. The van der Waals surface area contributed by atoms with Crippen LogP contribution in [0.25, 0.3) is 0 Å². The lowest BCUT2D eigenvalue weighted by Gasteiger charge is -2.24. The topological polar surface area (TPSA) is 35.2 Å². The normalized spacial score (nSPS) is 17.7. The Morgan fingerprint density at radius 3 is 2.33 bits per heavy atom. The first-order chi connectivity index (χ1) is 8.25. The van der Waals surface area contributed by atoms with E-state index in [0.717, 1.165) is 25.0 Å². The van der Waals surface area contributed by atoms with Gasteiger partial charge in [-0.1, -0.05) is 26.8 Å². The Labute approximate surface area is 111 Å². The minimum atomic E-state index is 0.0546. The molecule has 0 bridgehead atoms. The molecule has 100 valence electrons. The highest BCUT2D eigenvalue weighted by atomic mass is 16.5. The summed E-state index contributed by atoms with van der Waals surface area (Å²) in [6, 6.07) is 4.45. The maximum absolute atomic E-state index is 6.22. The van der Waals surface area contributed by atoms with Gasteiger partial charge in [-0.25, -0.2) is 0 Å². The van der Waals surface area contributed by atoms with Crippen LogP contribution in [0.15, 0.2) is 12.1 Å². The van der Waals surface area contributed by atoms with Gasteiger partial charge in [0.1, 0.15) is 5.75 Å². The summed E-state index contributed by atoms with van der Waals surface area (Å²) in [5.74, 6) is 0.993. The fourth-order valence-corrected chi connectivity index (χ4v) is 2.39. The van der Waals surface area contributed by atoms with E-state index in [0.29, 0.717) is 0 Å². The van der Waals surface area contributed by atoms with Crippen LogP contribution in [0.4, 0.5) is 0 Å². The molecule has 1 fully saturated rings. The van der Waals surface area contributed by atoms with E-state index >= 15 is 0 Å². The lowest BCUT2D eigenvalue weighted by atomic mass is 9.83. The van der Waals surface area contributed by atoms with Crippen molar-refractivity contribution >= 4 is 0 Å². The summed E-state index contributed by atoms with van der Waals surface area (Å²) < 4.78 is 5.56. The zero-order chi connectivity index (χ0) is 13.6. The van der Waals surface area contributed by atoms with Crippen molar-refractivity contribution in [3.8, 4) is 5.75 Å². The maximum atomic E-state index is 6.22. The van der Waals surface area contributed by atoms with Crippen LogP contribution in [0.5, 0.6) is 5.75 Å². The molecule has 0 heterocycles. The Balaban J connectivity index is 2.39. The smallest absolute Gasteiger partial charge is 0.122 e. The second-order valence-corrected chi connectivity index (χ2v) is 6.77. The quantitative estimate of drug-likeness (QED) is 0.889. The molecular weight excluding hydrogens is 222 g/mol. The third kappa shape index (κ3) is 2.69. The molecule has 0 spiro atoms. The molecule has 0 atom stereocenters. The maximum Gasteiger partial charge on any atom is 0.122 e. The highest BCUT2D eigenvalue weighted by molar-refractivity contribution is 5.46. The number of nitrogens with two attached hydrogens (primary N) is 1. The second kappa shape index (κ2) is 4.27. The summed E-state index contributed by atoms with van der Waals surface area (Å²) in [7, 11) is 1.75. The van der Waals surface area contributed by atoms with Crippen LogP contribution < -0.4 is 10.5 Å². The van der Waals surface area contributed by atoms with E-state index in [9.17, 15) is 0 Å². The van der Waals surface area contributed by atoms with Gasteiger partial charge in [-0.05, 0) is 54.4 Å². The molecule has 0 amide bonds. The number of benzene rings is 1. The second-order valence-electron chi connectivity index (χ2n) is 6.77. The molecule has 1 aliphatic carbocycles. The third-order valence-corrected chi connectivity index (χ3v) is 3.90. The van der Waals surface area contributed by atoms with Crippen molar-refractivity contribution in [1.82, 2.24) is 0 Å². The fraction of sp³-hybridized carbons (Fsp3) is 0.625. The van der Waals surface area contributed by atoms with Crippen molar-refractivity contribution in [3.63, 3.8) is 0 Å². The third-order valence-electron chi connectivity index (χ3n) is 3.90. The molecule has 1 aliphatic rings. The largest absolute Gasteiger partial charge is 0.496 e. The molecule has 0 saturated heterocycles. The minimum absolute atomic E-state index is 0.0546. The van der Waals surface area contributed by atoms with Crippen molar-refractivity contribution in [3.05, 3.63) is 28.8 Å². The number of aryl methyl sites for hydroxylation is 1. The molecule has 1 saturated carbocycles. The van der Waals surface area contributed by atoms with Gasteiger partial charge in [-0.2, -0.15) is 0 Å². The van der Waals surface area contributed by atoms with Crippen LogP contribution >= 0.6 is 0 Å². The summed E-state index contributed by atoms with van der Waals surface area (Å²) in [6.45, 7) is 8.83. The van der Waals surface area contributed by atoms with Gasteiger partial charge in [0, 0.05) is 5.54 Å². The highest BCUT2D eigenvalue weighted by Gasteiger charge is 2.38. The van der Waals surface area contributed by atoms with Gasteiger partial charge in [0.25, 0.3) is 0 Å². The predicted octanol–water partition coefficient (Wildman–Crippen LogP) is 3.33. The molecule has 1 aromatic rings. The summed E-state index contributed by atoms with van der Waals surface area (Å²) in [5, 5.41) is 0. The van der Waals surface area contributed by atoms with Gasteiger partial charge >= 0.3 is 0 Å². The van der Waals surface area contributed by atoms with Crippen molar-refractivity contribution in [2.24, 2.45) is 5.73 Å². The molecule has 0 unspecified atom stereocenters. The van der Waals surface area contributed by atoms with E-state index < -0.39 is 0 Å². The molecule has 0 aliphatic heterocycles. The van der Waals surface area contributed by atoms with Crippen LogP contribution in [0.3, 0.4) is 0 Å². The number of hydrogen-bond donors (Lipinski definition) is 1. The van der Waals surface area contributed by atoms with Gasteiger partial charge in [-0.15, -0.1) is 0 Å². The van der Waals surface area contributed by atoms with Crippen molar-refractivity contribution in [2.75, 3.05) is 7.11 Å². The molecule has 1 aromatic carbocycles. The first kappa shape index (κ1) is 13.4. The van der Waals surface area contributed by atoms with E-state index in [1.165, 1.54) is 16.7 Å². The first-order valence-electron chi connectivity index (χ1n) is 6.72. The molecular formula is C16H25NO.